The molecular formula is C41H40N4O5. The summed E-state index contributed by atoms with van der Waals surface area (Å²) in [4.78, 5) is 38.0. The van der Waals surface area contributed by atoms with Gasteiger partial charge in [-0.2, -0.15) is 0 Å². The number of aliphatic imine (C=N–C) groups is 1. The Morgan fingerprint density at radius 2 is 1.58 bits per heavy atom. The molecular weight excluding hydrogens is 628 g/mol. The van der Waals surface area contributed by atoms with Crippen LogP contribution in [0.15, 0.2) is 101 Å². The van der Waals surface area contributed by atoms with Gasteiger partial charge < -0.3 is 19.1 Å². The molecule has 1 aromatic heterocycles. The fourth-order valence-corrected chi connectivity index (χ4v) is 6.49. The van der Waals surface area contributed by atoms with Crippen molar-refractivity contribution in [3.63, 3.8) is 0 Å². The molecule has 1 atom stereocenters. The third kappa shape index (κ3) is 7.17. The average molecular weight is 669 g/mol. The molecule has 2 aliphatic rings. The van der Waals surface area contributed by atoms with E-state index in [4.69, 9.17) is 19.2 Å². The molecule has 0 spiro atoms. The lowest BCUT2D eigenvalue weighted by atomic mass is 10.1. The van der Waals surface area contributed by atoms with Crippen LogP contribution in [-0.2, 0) is 0 Å². The summed E-state index contributed by atoms with van der Waals surface area (Å²) in [6, 6.07) is 28.6. The van der Waals surface area contributed by atoms with Crippen molar-refractivity contribution in [3.05, 3.63) is 118 Å². The molecule has 4 aromatic carbocycles. The van der Waals surface area contributed by atoms with Crippen LogP contribution < -0.4 is 19.8 Å². The van der Waals surface area contributed by atoms with E-state index in [0.29, 0.717) is 52.7 Å². The zero-order valence-corrected chi connectivity index (χ0v) is 28.2. The van der Waals surface area contributed by atoms with E-state index < -0.39 is 0 Å². The molecule has 2 aliphatic heterocycles. The number of aromatic nitrogens is 2. The minimum Gasteiger partial charge on any atom is -0.494 e. The van der Waals surface area contributed by atoms with E-state index >= 15 is 0 Å². The van der Waals surface area contributed by atoms with Crippen molar-refractivity contribution in [3.8, 4) is 22.9 Å². The molecule has 5 aromatic rings. The van der Waals surface area contributed by atoms with E-state index in [1.165, 1.54) is 0 Å². The molecule has 0 unspecified atom stereocenters. The van der Waals surface area contributed by atoms with E-state index in [9.17, 15) is 9.59 Å². The molecule has 50 heavy (non-hydrogen) atoms. The minimum atomic E-state index is -0.120. The van der Waals surface area contributed by atoms with Gasteiger partial charge >= 0.3 is 0 Å². The highest BCUT2D eigenvalue weighted by molar-refractivity contribution is 6.03. The summed E-state index contributed by atoms with van der Waals surface area (Å²) in [5.41, 5.74) is 3.48. The zero-order valence-electron chi connectivity index (χ0n) is 28.2. The van der Waals surface area contributed by atoms with Crippen LogP contribution in [0.3, 0.4) is 0 Å². The third-order valence-corrected chi connectivity index (χ3v) is 9.14. The van der Waals surface area contributed by atoms with Gasteiger partial charge in [0.2, 0.25) is 0 Å². The Hall–Kier alpha value is -5.70. The smallest absolute Gasteiger partial charge is 0.266 e. The fourth-order valence-electron chi connectivity index (χ4n) is 6.49. The van der Waals surface area contributed by atoms with E-state index in [0.717, 1.165) is 62.1 Å². The van der Waals surface area contributed by atoms with Gasteiger partial charge in [-0.25, -0.2) is 4.98 Å². The van der Waals surface area contributed by atoms with E-state index in [-0.39, 0.29) is 17.5 Å². The molecule has 1 saturated heterocycles. The van der Waals surface area contributed by atoms with Gasteiger partial charge in [-0.05, 0) is 92.6 Å². The number of hydrogen-bond acceptors (Lipinski definition) is 7. The van der Waals surface area contributed by atoms with Crippen molar-refractivity contribution in [2.24, 2.45) is 4.99 Å². The van der Waals surface area contributed by atoms with Gasteiger partial charge in [-0.1, -0.05) is 48.5 Å². The monoisotopic (exact) mass is 668 g/mol. The number of fused-ring (bicyclic) bond motifs is 3. The number of nitrogens with zero attached hydrogens (tertiary/aromatic N) is 4. The molecule has 3 heterocycles. The summed E-state index contributed by atoms with van der Waals surface area (Å²) in [5.74, 6) is 2.45. The van der Waals surface area contributed by atoms with Crippen LogP contribution in [0.25, 0.3) is 28.7 Å². The number of carbonyl (C=O) groups is 1. The quantitative estimate of drug-likeness (QED) is 0.118. The maximum absolute atomic E-state index is 13.6. The molecule has 1 amide bonds. The van der Waals surface area contributed by atoms with Crippen molar-refractivity contribution in [1.29, 1.82) is 0 Å². The van der Waals surface area contributed by atoms with Crippen molar-refractivity contribution in [1.82, 2.24) is 14.5 Å². The molecule has 0 bridgehead atoms. The molecule has 9 nitrogen and oxygen atoms in total. The second-order valence-electron chi connectivity index (χ2n) is 12.5. The normalized spacial score (nSPS) is 15.3. The topological polar surface area (TPSA) is 95.2 Å². The number of carbonyl (C=O) groups excluding carboxylic acids is 1. The second-order valence-corrected chi connectivity index (χ2v) is 12.5. The number of unbranched alkanes of at least 4 members (excludes halogenated alkanes) is 3. The van der Waals surface area contributed by atoms with Gasteiger partial charge in [0, 0.05) is 18.8 Å². The lowest BCUT2D eigenvalue weighted by Gasteiger charge is -2.20. The third-order valence-electron chi connectivity index (χ3n) is 9.14. The first-order valence-corrected chi connectivity index (χ1v) is 17.3. The molecule has 0 aliphatic carbocycles. The van der Waals surface area contributed by atoms with Crippen LogP contribution in [0.1, 0.15) is 60.3 Å². The maximum Gasteiger partial charge on any atom is 0.266 e. The summed E-state index contributed by atoms with van der Waals surface area (Å²) < 4.78 is 19.3. The Morgan fingerprint density at radius 1 is 0.820 bits per heavy atom. The summed E-state index contributed by atoms with van der Waals surface area (Å²) in [5, 5.41) is 0.568. The standard InChI is InChI=1S/C41H40N4O5/c1-48-37-26-34-36(42-28-31-14-11-23-44(31)40(34)46)27-38(37)50-25-10-3-2-9-24-49-32-20-18-30(19-21-32)45-39(22-17-29-12-5-4-6-13-29)43-35-16-8-7-15-33(35)41(45)47/h4-8,12-13,15-22,26-28,31H,2-3,9-11,14,23-25H2,1H3/b22-17+/t31-/m0/s1. The van der Waals surface area contributed by atoms with Crippen LogP contribution in [-0.4, -0.2) is 59.5 Å². The van der Waals surface area contributed by atoms with Crippen LogP contribution in [0.2, 0.25) is 0 Å². The summed E-state index contributed by atoms with van der Waals surface area (Å²) in [7, 11) is 1.59. The molecule has 9 heteroatoms. The predicted molar refractivity (Wildman–Crippen MR) is 197 cm³/mol. The number of methoxy groups -OCH3 is 1. The highest BCUT2D eigenvalue weighted by atomic mass is 16.5. The number of rotatable bonds is 13. The summed E-state index contributed by atoms with van der Waals surface area (Å²) in [6.45, 7) is 1.88. The number of hydrogen-bond donors (Lipinski definition) is 0. The first kappa shape index (κ1) is 32.8. The van der Waals surface area contributed by atoms with E-state index in [1.54, 1.807) is 17.7 Å². The summed E-state index contributed by atoms with van der Waals surface area (Å²) in [6.07, 6.45) is 11.4. The Kier molecular flexibility index (Phi) is 10.0. The van der Waals surface area contributed by atoms with Crippen LogP contribution in [0.5, 0.6) is 17.2 Å². The zero-order chi connectivity index (χ0) is 34.3. The van der Waals surface area contributed by atoms with E-state index in [2.05, 4.69) is 4.99 Å². The lowest BCUT2D eigenvalue weighted by molar-refractivity contribution is 0.0774. The van der Waals surface area contributed by atoms with Gasteiger partial charge in [-0.3, -0.25) is 19.1 Å². The Bertz CT molecular complexity index is 2090. The highest BCUT2D eigenvalue weighted by Gasteiger charge is 2.32. The van der Waals surface area contributed by atoms with Crippen molar-refractivity contribution in [2.75, 3.05) is 26.9 Å². The van der Waals surface area contributed by atoms with E-state index in [1.807, 2.05) is 108 Å². The van der Waals surface area contributed by atoms with Crippen LogP contribution in [0.4, 0.5) is 5.69 Å². The van der Waals surface area contributed by atoms with Gasteiger partial charge in [0.25, 0.3) is 11.5 Å². The molecule has 0 N–H and O–H groups in total. The van der Waals surface area contributed by atoms with Gasteiger partial charge in [0.15, 0.2) is 11.5 Å². The molecule has 0 saturated carbocycles. The lowest BCUT2D eigenvalue weighted by Crippen LogP contribution is -2.35. The van der Waals surface area contributed by atoms with Crippen molar-refractivity contribution < 1.29 is 19.0 Å². The largest absolute Gasteiger partial charge is 0.494 e. The molecule has 1 fully saturated rings. The summed E-state index contributed by atoms with van der Waals surface area (Å²) >= 11 is 0. The van der Waals surface area contributed by atoms with Crippen molar-refractivity contribution >= 4 is 40.9 Å². The average Bonchev–Trinajstić information content (AvgIpc) is 3.59. The maximum atomic E-state index is 13.6. The Morgan fingerprint density at radius 3 is 2.38 bits per heavy atom. The molecule has 7 rings (SSSR count). The SMILES string of the molecule is COc1cc2c(cc1OCCCCCCOc1ccc(-n3c(/C=C/c4ccccc4)nc4ccccc4c3=O)cc1)N=C[C@@H]1CCCN1C2=O. The van der Waals surface area contributed by atoms with Crippen LogP contribution in [0, 0.1) is 0 Å². The number of ether oxygens (including phenoxy) is 3. The first-order chi connectivity index (χ1) is 24.6. The van der Waals surface area contributed by atoms with Crippen LogP contribution >= 0.6 is 0 Å². The highest BCUT2D eigenvalue weighted by Crippen LogP contribution is 2.38. The van der Waals surface area contributed by atoms with Crippen molar-refractivity contribution in [2.45, 2.75) is 44.6 Å². The fraction of sp³-hybridized carbons (Fsp3) is 0.268. The number of para-hydroxylation sites is 1. The number of amides is 1. The minimum absolute atomic E-state index is 0.00168. The Labute approximate surface area is 291 Å². The number of benzene rings is 4. The van der Waals surface area contributed by atoms with Gasteiger partial charge in [0.1, 0.15) is 11.6 Å². The predicted octanol–water partition coefficient (Wildman–Crippen LogP) is 7.90. The van der Waals surface area contributed by atoms with Gasteiger partial charge in [0.05, 0.1) is 54.2 Å². The van der Waals surface area contributed by atoms with Gasteiger partial charge in [-0.15, -0.1) is 0 Å². The first-order valence-electron chi connectivity index (χ1n) is 17.3. The second kappa shape index (κ2) is 15.2. The Balaban J connectivity index is 0.910. The molecule has 254 valence electrons. The molecule has 0 radical (unpaired) electrons.